The van der Waals surface area contributed by atoms with Gasteiger partial charge in [0.15, 0.2) is 0 Å². The minimum atomic E-state index is 0.581. The quantitative estimate of drug-likeness (QED) is 0.668. The predicted octanol–water partition coefficient (Wildman–Crippen LogP) is 1.12. The lowest BCUT2D eigenvalue weighted by molar-refractivity contribution is 1.26. The number of thiazole rings is 1. The van der Waals surface area contributed by atoms with Gasteiger partial charge in [-0.3, -0.25) is 0 Å². The van der Waals surface area contributed by atoms with Crippen LogP contribution in [0.25, 0.3) is 6.08 Å². The summed E-state index contributed by atoms with van der Waals surface area (Å²) in [7, 11) is 0. The maximum absolute atomic E-state index is 5.23. The molecular weight excluding hydrogens is 132 g/mol. The highest BCUT2D eigenvalue weighted by Gasteiger charge is 1.83. The summed E-state index contributed by atoms with van der Waals surface area (Å²) in [5.41, 5.74) is 8.03. The Kier molecular flexibility index (Phi) is 2.42. The fourth-order valence-corrected chi connectivity index (χ4v) is 1.02. The van der Waals surface area contributed by atoms with Crippen molar-refractivity contribution in [3.8, 4) is 0 Å². The van der Waals surface area contributed by atoms with Crippen LogP contribution in [0.1, 0.15) is 5.69 Å². The first-order valence-corrected chi connectivity index (χ1v) is 3.62. The molecule has 1 heterocycles. The van der Waals surface area contributed by atoms with Gasteiger partial charge < -0.3 is 5.73 Å². The monoisotopic (exact) mass is 140 g/mol. The smallest absolute Gasteiger partial charge is 0.0798 e. The van der Waals surface area contributed by atoms with Gasteiger partial charge in [0.1, 0.15) is 0 Å². The lowest BCUT2D eigenvalue weighted by atomic mass is 10.4. The normalized spacial score (nSPS) is 10.8. The Morgan fingerprint density at radius 1 is 1.78 bits per heavy atom. The third kappa shape index (κ3) is 1.95. The molecule has 0 aliphatic heterocycles. The third-order valence-electron chi connectivity index (χ3n) is 0.876. The molecule has 48 valence electrons. The first kappa shape index (κ1) is 6.45. The summed E-state index contributed by atoms with van der Waals surface area (Å²) in [5, 5.41) is 1.98. The molecule has 2 N–H and O–H groups in total. The molecule has 1 aromatic rings. The maximum atomic E-state index is 5.23. The molecule has 0 aromatic carbocycles. The average Bonchev–Trinajstić information content (AvgIpc) is 2.34. The molecule has 9 heavy (non-hydrogen) atoms. The number of nitrogens with two attached hydrogens (primary N) is 1. The molecule has 0 aliphatic carbocycles. The van der Waals surface area contributed by atoms with E-state index >= 15 is 0 Å². The summed E-state index contributed by atoms with van der Waals surface area (Å²) in [6.07, 6.45) is 3.80. The third-order valence-corrected chi connectivity index (χ3v) is 1.48. The zero-order valence-corrected chi connectivity index (χ0v) is 5.77. The molecular formula is C6H8N2S. The van der Waals surface area contributed by atoms with E-state index in [1.807, 2.05) is 17.5 Å². The van der Waals surface area contributed by atoms with E-state index in [0.29, 0.717) is 6.54 Å². The van der Waals surface area contributed by atoms with Gasteiger partial charge in [0, 0.05) is 11.9 Å². The van der Waals surface area contributed by atoms with Gasteiger partial charge in [-0.1, -0.05) is 6.08 Å². The van der Waals surface area contributed by atoms with Crippen LogP contribution in [0.5, 0.6) is 0 Å². The van der Waals surface area contributed by atoms with Crippen LogP contribution >= 0.6 is 11.3 Å². The second kappa shape index (κ2) is 3.37. The van der Waals surface area contributed by atoms with Crippen LogP contribution in [0.2, 0.25) is 0 Å². The van der Waals surface area contributed by atoms with Gasteiger partial charge >= 0.3 is 0 Å². The Morgan fingerprint density at radius 3 is 3.22 bits per heavy atom. The van der Waals surface area contributed by atoms with Crippen molar-refractivity contribution in [3.63, 3.8) is 0 Å². The van der Waals surface area contributed by atoms with Crippen molar-refractivity contribution in [1.29, 1.82) is 0 Å². The SMILES string of the molecule is NCC=Cc1cscn1. The summed E-state index contributed by atoms with van der Waals surface area (Å²) in [6.45, 7) is 0.581. The number of hydrogen-bond donors (Lipinski definition) is 1. The Labute approximate surface area is 58.0 Å². The van der Waals surface area contributed by atoms with Gasteiger partial charge in [-0.15, -0.1) is 11.3 Å². The van der Waals surface area contributed by atoms with Crippen LogP contribution in [-0.2, 0) is 0 Å². The van der Waals surface area contributed by atoms with Crippen LogP contribution in [0.3, 0.4) is 0 Å². The first-order chi connectivity index (χ1) is 4.43. The van der Waals surface area contributed by atoms with Gasteiger partial charge in [-0.25, -0.2) is 4.98 Å². The van der Waals surface area contributed by atoms with Crippen molar-refractivity contribution >= 4 is 17.4 Å². The molecule has 0 bridgehead atoms. The largest absolute Gasteiger partial charge is 0.327 e. The maximum Gasteiger partial charge on any atom is 0.0798 e. The van der Waals surface area contributed by atoms with E-state index in [9.17, 15) is 0 Å². The molecule has 1 aromatic heterocycles. The highest BCUT2D eigenvalue weighted by molar-refractivity contribution is 7.07. The fourth-order valence-electron chi connectivity index (χ4n) is 0.493. The minimum absolute atomic E-state index is 0.581. The standard InChI is InChI=1S/C6H8N2S/c7-3-1-2-6-4-9-5-8-6/h1-2,4-5H,3,7H2. The molecule has 2 nitrogen and oxygen atoms in total. The molecule has 0 saturated heterocycles. The lowest BCUT2D eigenvalue weighted by Gasteiger charge is -1.78. The van der Waals surface area contributed by atoms with Crippen molar-refractivity contribution in [2.45, 2.75) is 0 Å². The summed E-state index contributed by atoms with van der Waals surface area (Å²) >= 11 is 1.59. The summed E-state index contributed by atoms with van der Waals surface area (Å²) < 4.78 is 0. The molecule has 0 spiro atoms. The second-order valence-corrected chi connectivity index (χ2v) is 2.27. The van der Waals surface area contributed by atoms with E-state index in [1.54, 1.807) is 16.8 Å². The Bertz CT molecular complexity index is 179. The van der Waals surface area contributed by atoms with Gasteiger partial charge in [-0.2, -0.15) is 0 Å². The van der Waals surface area contributed by atoms with E-state index in [2.05, 4.69) is 4.98 Å². The molecule has 0 unspecified atom stereocenters. The highest BCUT2D eigenvalue weighted by Crippen LogP contribution is 2.01. The minimum Gasteiger partial charge on any atom is -0.327 e. The molecule has 0 saturated carbocycles. The second-order valence-electron chi connectivity index (χ2n) is 1.55. The zero-order valence-electron chi connectivity index (χ0n) is 4.95. The molecule has 0 atom stereocenters. The number of hydrogen-bond acceptors (Lipinski definition) is 3. The van der Waals surface area contributed by atoms with Crippen LogP contribution in [0.15, 0.2) is 17.0 Å². The van der Waals surface area contributed by atoms with Gasteiger partial charge in [0.05, 0.1) is 11.2 Å². The fraction of sp³-hybridized carbons (Fsp3) is 0.167. The number of nitrogens with zero attached hydrogens (tertiary/aromatic N) is 1. The lowest BCUT2D eigenvalue weighted by Crippen LogP contribution is -1.91. The summed E-state index contributed by atoms with van der Waals surface area (Å²) in [4.78, 5) is 4.03. The number of aromatic nitrogens is 1. The molecule has 0 radical (unpaired) electrons. The molecule has 0 amide bonds. The molecule has 0 fully saturated rings. The number of rotatable bonds is 2. The van der Waals surface area contributed by atoms with E-state index in [-0.39, 0.29) is 0 Å². The van der Waals surface area contributed by atoms with Crippen molar-refractivity contribution < 1.29 is 0 Å². The van der Waals surface area contributed by atoms with E-state index in [0.717, 1.165) is 5.69 Å². The van der Waals surface area contributed by atoms with Crippen LogP contribution in [0, 0.1) is 0 Å². The van der Waals surface area contributed by atoms with E-state index in [4.69, 9.17) is 5.73 Å². The first-order valence-electron chi connectivity index (χ1n) is 2.68. The predicted molar refractivity (Wildman–Crippen MR) is 40.2 cm³/mol. The molecule has 1 rings (SSSR count). The van der Waals surface area contributed by atoms with Crippen molar-refractivity contribution in [3.05, 3.63) is 22.7 Å². The Hall–Kier alpha value is -0.670. The van der Waals surface area contributed by atoms with E-state index < -0.39 is 0 Å². The van der Waals surface area contributed by atoms with Gasteiger partial charge in [0.2, 0.25) is 0 Å². The van der Waals surface area contributed by atoms with Crippen molar-refractivity contribution in [1.82, 2.24) is 4.98 Å². The Morgan fingerprint density at radius 2 is 2.67 bits per heavy atom. The van der Waals surface area contributed by atoms with Crippen LogP contribution in [-0.4, -0.2) is 11.5 Å². The molecule has 3 heteroatoms. The van der Waals surface area contributed by atoms with Crippen LogP contribution < -0.4 is 5.73 Å². The van der Waals surface area contributed by atoms with Crippen molar-refractivity contribution in [2.24, 2.45) is 5.73 Å². The molecule has 0 aliphatic rings. The average molecular weight is 140 g/mol. The van der Waals surface area contributed by atoms with Crippen LogP contribution in [0.4, 0.5) is 0 Å². The zero-order chi connectivity index (χ0) is 6.53. The Balaban J connectivity index is 2.57. The van der Waals surface area contributed by atoms with Gasteiger partial charge in [-0.05, 0) is 6.08 Å². The topological polar surface area (TPSA) is 38.9 Å². The highest BCUT2D eigenvalue weighted by atomic mass is 32.1. The summed E-state index contributed by atoms with van der Waals surface area (Å²) in [6, 6.07) is 0. The van der Waals surface area contributed by atoms with E-state index in [1.165, 1.54) is 0 Å². The van der Waals surface area contributed by atoms with Gasteiger partial charge in [0.25, 0.3) is 0 Å². The summed E-state index contributed by atoms with van der Waals surface area (Å²) in [5.74, 6) is 0. The van der Waals surface area contributed by atoms with Crippen molar-refractivity contribution in [2.75, 3.05) is 6.54 Å².